The summed E-state index contributed by atoms with van der Waals surface area (Å²) in [5, 5.41) is 15.9. The quantitative estimate of drug-likeness (QED) is 0.453. The van der Waals surface area contributed by atoms with E-state index >= 15 is 0 Å². The Hall–Kier alpha value is -2.67. The molecule has 0 unspecified atom stereocenters. The van der Waals surface area contributed by atoms with Crippen molar-refractivity contribution < 1.29 is 29.3 Å². The van der Waals surface area contributed by atoms with Crippen LogP contribution in [-0.4, -0.2) is 53.2 Å². The van der Waals surface area contributed by atoms with Crippen LogP contribution < -0.4 is 0 Å². The van der Waals surface area contributed by atoms with Crippen molar-refractivity contribution in [1.82, 2.24) is 4.90 Å². The number of rotatable bonds is 5. The number of carboxylic acids is 1. The smallest absolute Gasteiger partial charge is 0.335 e. The molecule has 1 heterocycles. The fourth-order valence-corrected chi connectivity index (χ4v) is 4.12. The van der Waals surface area contributed by atoms with Gasteiger partial charge in [0.15, 0.2) is 0 Å². The van der Waals surface area contributed by atoms with Crippen LogP contribution in [0, 0.1) is 23.7 Å². The number of esters is 1. The summed E-state index contributed by atoms with van der Waals surface area (Å²) in [5.74, 6) is -0.192. The predicted molar refractivity (Wildman–Crippen MR) is 103 cm³/mol. The van der Waals surface area contributed by atoms with Gasteiger partial charge in [-0.05, 0) is 42.4 Å². The van der Waals surface area contributed by atoms with Crippen molar-refractivity contribution in [3.05, 3.63) is 47.5 Å². The third-order valence-corrected chi connectivity index (χ3v) is 5.34. The second-order valence-electron chi connectivity index (χ2n) is 7.15. The summed E-state index contributed by atoms with van der Waals surface area (Å²) in [5.41, 5.74) is 1.39. The summed E-state index contributed by atoms with van der Waals surface area (Å²) in [6.07, 6.45) is 4.40. The molecular weight excluding hydrogens is 362 g/mol. The first-order valence-electron chi connectivity index (χ1n) is 9.38. The average molecular weight is 389 g/mol. The minimum Gasteiger partial charge on any atom is -0.483 e. The molecule has 1 fully saturated rings. The second-order valence-corrected chi connectivity index (χ2v) is 7.15. The molecule has 0 aromatic heterocycles. The third kappa shape index (κ3) is 5.19. The van der Waals surface area contributed by atoms with E-state index in [1.807, 2.05) is 19.1 Å². The van der Waals surface area contributed by atoms with Crippen molar-refractivity contribution in [2.75, 3.05) is 19.7 Å². The molecule has 0 bridgehead atoms. The summed E-state index contributed by atoms with van der Waals surface area (Å²) in [6, 6.07) is 7.02. The zero-order chi connectivity index (χ0) is 20.7. The molecular formula is C21H27NO6. The number of benzene rings is 1. The average Bonchev–Trinajstić information content (AvgIpc) is 3.05. The lowest BCUT2D eigenvalue weighted by atomic mass is 9.72. The second kappa shape index (κ2) is 10.0. The van der Waals surface area contributed by atoms with Crippen LogP contribution in [0.3, 0.4) is 0 Å². The number of aromatic carboxylic acids is 1. The Labute approximate surface area is 164 Å². The first kappa shape index (κ1) is 21.6. The fraction of sp³-hybridized carbons (Fsp3) is 0.476. The topological polar surface area (TPSA) is 104 Å². The van der Waals surface area contributed by atoms with Crippen LogP contribution >= 0.6 is 0 Å². The van der Waals surface area contributed by atoms with Crippen LogP contribution in [0.4, 0.5) is 0 Å². The molecule has 0 amide bonds. The molecule has 1 saturated heterocycles. The number of carbonyl (C=O) groups excluding carboxylic acids is 1. The van der Waals surface area contributed by atoms with Gasteiger partial charge in [-0.1, -0.05) is 31.2 Å². The minimum atomic E-state index is -0.907. The van der Waals surface area contributed by atoms with E-state index in [9.17, 15) is 9.59 Å². The van der Waals surface area contributed by atoms with Gasteiger partial charge in [-0.25, -0.2) is 4.79 Å². The standard InChI is InChI=1S/C20H25NO4.CH2O2/c1-3-25-20(24)18-13(2)4-7-16-11-21(12-17(16)18)10-14-5-8-15(9-6-14)19(22)23;2-1-3/h4-9,13,16-18H,3,10-12H2,1-2H3,(H,22,23);1H,(H,2,3)/t13-,16-,17-,18-;/m0./s1. The molecule has 28 heavy (non-hydrogen) atoms. The Kier molecular flexibility index (Phi) is 7.75. The van der Waals surface area contributed by atoms with E-state index < -0.39 is 5.97 Å². The van der Waals surface area contributed by atoms with Gasteiger partial charge in [-0.3, -0.25) is 14.5 Å². The third-order valence-electron chi connectivity index (χ3n) is 5.34. The van der Waals surface area contributed by atoms with Gasteiger partial charge in [0.2, 0.25) is 0 Å². The highest BCUT2D eigenvalue weighted by atomic mass is 16.5. The number of hydrogen-bond acceptors (Lipinski definition) is 5. The first-order chi connectivity index (χ1) is 13.4. The van der Waals surface area contributed by atoms with Crippen LogP contribution in [0.1, 0.15) is 29.8 Å². The fourth-order valence-electron chi connectivity index (χ4n) is 4.12. The van der Waals surface area contributed by atoms with Crippen LogP contribution in [0.2, 0.25) is 0 Å². The Bertz CT molecular complexity index is 714. The van der Waals surface area contributed by atoms with Gasteiger partial charge in [-0.2, -0.15) is 0 Å². The molecule has 0 saturated carbocycles. The molecule has 3 rings (SSSR count). The van der Waals surface area contributed by atoms with Crippen molar-refractivity contribution in [2.45, 2.75) is 20.4 Å². The van der Waals surface area contributed by atoms with Gasteiger partial charge in [0, 0.05) is 19.6 Å². The minimum absolute atomic E-state index is 0.0747. The monoisotopic (exact) mass is 389 g/mol. The SMILES string of the molecule is CCOC(=O)[C@@H]1[C@H]2CN(Cc3ccc(C(=O)O)cc3)C[C@@H]2C=C[C@@H]1C.O=CO. The highest BCUT2D eigenvalue weighted by molar-refractivity contribution is 5.87. The van der Waals surface area contributed by atoms with Gasteiger partial charge < -0.3 is 14.9 Å². The summed E-state index contributed by atoms with van der Waals surface area (Å²) < 4.78 is 5.30. The number of carbonyl (C=O) groups is 3. The maximum absolute atomic E-state index is 12.4. The summed E-state index contributed by atoms with van der Waals surface area (Å²) in [7, 11) is 0. The summed E-state index contributed by atoms with van der Waals surface area (Å²) in [4.78, 5) is 34.0. The van der Waals surface area contributed by atoms with Crippen molar-refractivity contribution in [3.8, 4) is 0 Å². The van der Waals surface area contributed by atoms with E-state index in [0.717, 1.165) is 25.2 Å². The Morgan fingerprint density at radius 2 is 1.86 bits per heavy atom. The molecule has 0 spiro atoms. The molecule has 1 aliphatic heterocycles. The van der Waals surface area contributed by atoms with E-state index in [1.165, 1.54) is 0 Å². The van der Waals surface area contributed by atoms with E-state index in [0.29, 0.717) is 18.1 Å². The van der Waals surface area contributed by atoms with E-state index in [2.05, 4.69) is 24.0 Å². The normalized spacial score (nSPS) is 25.9. The molecule has 4 atom stereocenters. The van der Waals surface area contributed by atoms with Crippen molar-refractivity contribution >= 4 is 18.4 Å². The van der Waals surface area contributed by atoms with E-state index in [1.54, 1.807) is 12.1 Å². The Morgan fingerprint density at radius 1 is 1.21 bits per heavy atom. The molecule has 1 aromatic carbocycles. The van der Waals surface area contributed by atoms with Crippen LogP contribution in [-0.2, 0) is 20.9 Å². The zero-order valence-electron chi connectivity index (χ0n) is 16.2. The lowest BCUT2D eigenvalue weighted by molar-refractivity contribution is -0.152. The molecule has 152 valence electrons. The Morgan fingerprint density at radius 3 is 2.43 bits per heavy atom. The lowest BCUT2D eigenvalue weighted by Gasteiger charge is -2.32. The van der Waals surface area contributed by atoms with E-state index in [4.69, 9.17) is 19.7 Å². The molecule has 7 heteroatoms. The molecule has 2 N–H and O–H groups in total. The lowest BCUT2D eigenvalue weighted by Crippen LogP contribution is -2.37. The van der Waals surface area contributed by atoms with Crippen LogP contribution in [0.15, 0.2) is 36.4 Å². The molecule has 7 nitrogen and oxygen atoms in total. The van der Waals surface area contributed by atoms with Crippen LogP contribution in [0.25, 0.3) is 0 Å². The highest BCUT2D eigenvalue weighted by Gasteiger charge is 2.44. The number of ether oxygens (including phenoxy) is 1. The number of allylic oxidation sites excluding steroid dienone is 1. The maximum atomic E-state index is 12.4. The first-order valence-corrected chi connectivity index (χ1v) is 9.38. The maximum Gasteiger partial charge on any atom is 0.335 e. The zero-order valence-corrected chi connectivity index (χ0v) is 16.2. The number of nitrogens with zero attached hydrogens (tertiary/aromatic N) is 1. The van der Waals surface area contributed by atoms with Gasteiger partial charge in [-0.15, -0.1) is 0 Å². The molecule has 2 aliphatic rings. The van der Waals surface area contributed by atoms with Gasteiger partial charge in [0.05, 0.1) is 18.1 Å². The van der Waals surface area contributed by atoms with Crippen LogP contribution in [0.5, 0.6) is 0 Å². The summed E-state index contributed by atoms with van der Waals surface area (Å²) >= 11 is 0. The highest BCUT2D eigenvalue weighted by Crippen LogP contribution is 2.40. The van der Waals surface area contributed by atoms with Gasteiger partial charge in [0.25, 0.3) is 6.47 Å². The number of likely N-dealkylation sites (tertiary alicyclic amines) is 1. The van der Waals surface area contributed by atoms with Crippen molar-refractivity contribution in [3.63, 3.8) is 0 Å². The molecule has 1 aliphatic carbocycles. The van der Waals surface area contributed by atoms with Gasteiger partial charge >= 0.3 is 11.9 Å². The largest absolute Gasteiger partial charge is 0.483 e. The Balaban J connectivity index is 0.000000878. The van der Waals surface area contributed by atoms with Crippen molar-refractivity contribution in [1.29, 1.82) is 0 Å². The number of hydrogen-bond donors (Lipinski definition) is 2. The van der Waals surface area contributed by atoms with Crippen molar-refractivity contribution in [2.24, 2.45) is 23.7 Å². The predicted octanol–water partition coefficient (Wildman–Crippen LogP) is 2.52. The number of fused-ring (bicyclic) bond motifs is 1. The molecule has 1 aromatic rings. The van der Waals surface area contributed by atoms with Gasteiger partial charge in [0.1, 0.15) is 0 Å². The number of carboxylic acid groups (broad SMARTS) is 2. The van der Waals surface area contributed by atoms with E-state index in [-0.39, 0.29) is 30.2 Å². The molecule has 0 radical (unpaired) electrons. The summed E-state index contributed by atoms with van der Waals surface area (Å²) in [6.45, 7) is 6.66.